The van der Waals surface area contributed by atoms with Crippen molar-refractivity contribution in [2.45, 2.75) is 24.1 Å². The van der Waals surface area contributed by atoms with Crippen LogP contribution in [0.5, 0.6) is 5.88 Å². The van der Waals surface area contributed by atoms with Crippen molar-refractivity contribution in [2.75, 3.05) is 13.7 Å². The van der Waals surface area contributed by atoms with Crippen molar-refractivity contribution in [3.63, 3.8) is 0 Å². The summed E-state index contributed by atoms with van der Waals surface area (Å²) >= 11 is 1.42. The van der Waals surface area contributed by atoms with E-state index in [0.29, 0.717) is 23.1 Å². The first-order chi connectivity index (χ1) is 16.4. The molecule has 1 amide bonds. The number of aryl methyl sites for hydroxylation is 1. The zero-order valence-corrected chi connectivity index (χ0v) is 19.4. The molecule has 1 aliphatic carbocycles. The topological polar surface area (TPSA) is 137 Å². The number of fused-ring (bicyclic) bond motifs is 1. The minimum Gasteiger partial charge on any atom is -0.474 e. The molecule has 4 rings (SSSR count). The van der Waals surface area contributed by atoms with Gasteiger partial charge in [0.05, 0.1) is 22.6 Å². The van der Waals surface area contributed by atoms with E-state index in [1.807, 2.05) is 6.07 Å². The summed E-state index contributed by atoms with van der Waals surface area (Å²) < 4.78 is 8.57. The van der Waals surface area contributed by atoms with Crippen LogP contribution in [0.2, 0.25) is 0 Å². The highest BCUT2D eigenvalue weighted by Crippen LogP contribution is 2.49. The fourth-order valence-corrected chi connectivity index (χ4v) is 4.48. The minimum absolute atomic E-state index is 0.0209. The highest BCUT2D eigenvalue weighted by Gasteiger charge is 2.46. The van der Waals surface area contributed by atoms with Crippen molar-refractivity contribution in [2.24, 2.45) is 7.05 Å². The molecule has 172 valence electrons. The van der Waals surface area contributed by atoms with Crippen LogP contribution < -0.4 is 15.6 Å². The molecule has 0 spiro atoms. The standard InChI is InChI=1S/C23H21N7O3S/c1-29(14-25)34-23(7-8-23)13-33-21-19-17(12-27-28-21)9-18(22(32)30(19)2)20(31)26-11-16-5-3-15(10-24)4-6-16/h3-6,9,12H,7-8,11,13H2,1-2H3,(H,26,31). The lowest BCUT2D eigenvalue weighted by molar-refractivity contribution is 0.0949. The van der Waals surface area contributed by atoms with Gasteiger partial charge in [-0.05, 0) is 48.6 Å². The number of nitriles is 2. The van der Waals surface area contributed by atoms with E-state index < -0.39 is 11.5 Å². The van der Waals surface area contributed by atoms with Gasteiger partial charge >= 0.3 is 0 Å². The van der Waals surface area contributed by atoms with Gasteiger partial charge in [0.25, 0.3) is 17.3 Å². The number of ether oxygens (including phenoxy) is 1. The Kier molecular flexibility index (Phi) is 6.39. The maximum atomic E-state index is 13.0. The second kappa shape index (κ2) is 9.41. The van der Waals surface area contributed by atoms with Gasteiger partial charge in [0.2, 0.25) is 0 Å². The Bertz CT molecular complexity index is 1390. The fraction of sp³-hybridized carbons (Fsp3) is 0.304. The number of amides is 1. The lowest BCUT2D eigenvalue weighted by Gasteiger charge is -2.19. The number of carbonyl (C=O) groups is 1. The predicted octanol–water partition coefficient (Wildman–Crippen LogP) is 2.10. The number of nitrogens with zero attached hydrogens (tertiary/aromatic N) is 6. The number of benzene rings is 1. The fourth-order valence-electron chi connectivity index (χ4n) is 3.46. The SMILES string of the molecule is CN(C#N)SC1(COc2nncc3cc(C(=O)NCc4ccc(C#N)cc4)c(=O)n(C)c23)CC1. The van der Waals surface area contributed by atoms with Crippen LogP contribution in [-0.2, 0) is 13.6 Å². The summed E-state index contributed by atoms with van der Waals surface area (Å²) in [6.45, 7) is 0.532. The van der Waals surface area contributed by atoms with Gasteiger partial charge in [-0.1, -0.05) is 12.1 Å². The lowest BCUT2D eigenvalue weighted by Crippen LogP contribution is -2.32. The molecule has 2 heterocycles. The minimum atomic E-state index is -0.515. The third-order valence-electron chi connectivity index (χ3n) is 5.52. The largest absolute Gasteiger partial charge is 0.474 e. The molecule has 0 aliphatic heterocycles. The molecule has 1 aliphatic rings. The highest BCUT2D eigenvalue weighted by atomic mass is 32.2. The first-order valence-electron chi connectivity index (χ1n) is 10.4. The second-order valence-corrected chi connectivity index (χ2v) is 9.62. The smallest absolute Gasteiger partial charge is 0.263 e. The second-order valence-electron chi connectivity index (χ2n) is 8.03. The lowest BCUT2D eigenvalue weighted by atomic mass is 10.1. The summed E-state index contributed by atoms with van der Waals surface area (Å²) in [4.78, 5) is 25.7. The number of aromatic nitrogens is 3. The van der Waals surface area contributed by atoms with Crippen LogP contribution in [0.1, 0.15) is 34.3 Å². The van der Waals surface area contributed by atoms with Crippen LogP contribution in [0.25, 0.3) is 10.9 Å². The zero-order valence-electron chi connectivity index (χ0n) is 18.6. The third kappa shape index (κ3) is 4.80. The summed E-state index contributed by atoms with van der Waals surface area (Å²) in [5.74, 6) is -0.313. The number of hydrogen-bond acceptors (Lipinski definition) is 9. The molecule has 10 nitrogen and oxygen atoms in total. The number of carbonyl (C=O) groups excluding carboxylic acids is 1. The van der Waals surface area contributed by atoms with E-state index in [1.54, 1.807) is 38.4 Å². The summed E-state index contributed by atoms with van der Waals surface area (Å²) in [7, 11) is 3.25. The Morgan fingerprint density at radius 2 is 2.06 bits per heavy atom. The van der Waals surface area contributed by atoms with Gasteiger partial charge in [-0.3, -0.25) is 13.9 Å². The number of nitrogens with one attached hydrogen (secondary N) is 1. The van der Waals surface area contributed by atoms with Crippen molar-refractivity contribution < 1.29 is 9.53 Å². The molecule has 1 aromatic carbocycles. The van der Waals surface area contributed by atoms with Gasteiger partial charge in [-0.15, -0.1) is 5.10 Å². The Balaban J connectivity index is 1.53. The zero-order chi connectivity index (χ0) is 24.3. The van der Waals surface area contributed by atoms with Gasteiger partial charge < -0.3 is 14.6 Å². The normalized spacial score (nSPS) is 13.5. The summed E-state index contributed by atoms with van der Waals surface area (Å²) in [5, 5.41) is 29.2. The highest BCUT2D eigenvalue weighted by molar-refractivity contribution is 7.98. The third-order valence-corrected chi connectivity index (χ3v) is 6.79. The van der Waals surface area contributed by atoms with Crippen molar-refractivity contribution >= 4 is 28.8 Å². The van der Waals surface area contributed by atoms with Crippen LogP contribution in [0.3, 0.4) is 0 Å². The van der Waals surface area contributed by atoms with E-state index >= 15 is 0 Å². The van der Waals surface area contributed by atoms with Crippen LogP contribution in [0, 0.1) is 22.8 Å². The van der Waals surface area contributed by atoms with Crippen LogP contribution in [-0.4, -0.2) is 43.4 Å². The molecule has 0 unspecified atom stereocenters. The first-order valence-corrected chi connectivity index (χ1v) is 11.2. The van der Waals surface area contributed by atoms with E-state index in [4.69, 9.17) is 15.3 Å². The maximum Gasteiger partial charge on any atom is 0.263 e. The Morgan fingerprint density at radius 3 is 2.71 bits per heavy atom. The van der Waals surface area contributed by atoms with Gasteiger partial charge in [0, 0.05) is 26.0 Å². The number of rotatable bonds is 8. The van der Waals surface area contributed by atoms with Crippen LogP contribution in [0.4, 0.5) is 0 Å². The van der Waals surface area contributed by atoms with E-state index in [0.717, 1.165) is 18.4 Å². The first kappa shape index (κ1) is 23.1. The Labute approximate surface area is 199 Å². The molecular formula is C23H21N7O3S. The number of hydrogen-bond donors (Lipinski definition) is 1. The molecule has 11 heteroatoms. The number of pyridine rings is 1. The average molecular weight is 476 g/mol. The van der Waals surface area contributed by atoms with Crippen LogP contribution in [0.15, 0.2) is 41.3 Å². The Morgan fingerprint density at radius 1 is 1.32 bits per heavy atom. The van der Waals surface area contributed by atoms with Gasteiger partial charge in [-0.2, -0.15) is 15.6 Å². The molecule has 3 aromatic rings. The molecule has 0 radical (unpaired) electrons. The van der Waals surface area contributed by atoms with Crippen molar-refractivity contribution in [3.8, 4) is 18.1 Å². The van der Waals surface area contributed by atoms with E-state index in [2.05, 4.69) is 21.7 Å². The van der Waals surface area contributed by atoms with Gasteiger partial charge in [0.15, 0.2) is 6.19 Å². The molecule has 34 heavy (non-hydrogen) atoms. The van der Waals surface area contributed by atoms with E-state index in [1.165, 1.54) is 33.1 Å². The molecule has 1 saturated carbocycles. The molecule has 1 N–H and O–H groups in total. The monoisotopic (exact) mass is 475 g/mol. The quantitative estimate of drug-likeness (QED) is 0.295. The predicted molar refractivity (Wildman–Crippen MR) is 126 cm³/mol. The van der Waals surface area contributed by atoms with Crippen molar-refractivity contribution in [3.05, 3.63) is 63.6 Å². The summed E-state index contributed by atoms with van der Waals surface area (Å²) in [6.07, 6.45) is 5.36. The molecule has 0 bridgehead atoms. The van der Waals surface area contributed by atoms with E-state index in [9.17, 15) is 9.59 Å². The Hall–Kier alpha value is -4.09. The van der Waals surface area contributed by atoms with Crippen molar-refractivity contribution in [1.29, 1.82) is 10.5 Å². The molecule has 0 saturated heterocycles. The molecule has 2 aromatic heterocycles. The average Bonchev–Trinajstić information content (AvgIpc) is 3.62. The van der Waals surface area contributed by atoms with Gasteiger partial charge in [0.1, 0.15) is 17.7 Å². The molecular weight excluding hydrogens is 454 g/mol. The molecule has 0 atom stereocenters. The van der Waals surface area contributed by atoms with Crippen LogP contribution >= 0.6 is 11.9 Å². The summed E-state index contributed by atoms with van der Waals surface area (Å²) in [5.41, 5.74) is 1.27. The summed E-state index contributed by atoms with van der Waals surface area (Å²) in [6, 6.07) is 10.4. The van der Waals surface area contributed by atoms with Gasteiger partial charge in [-0.25, -0.2) is 0 Å². The van der Waals surface area contributed by atoms with E-state index in [-0.39, 0.29) is 22.7 Å². The van der Waals surface area contributed by atoms with Crippen molar-refractivity contribution in [1.82, 2.24) is 24.4 Å². The maximum absolute atomic E-state index is 13.0. The molecule has 1 fully saturated rings.